The van der Waals surface area contributed by atoms with Crippen molar-refractivity contribution in [2.24, 2.45) is 0 Å². The Morgan fingerprint density at radius 2 is 2.31 bits per heavy atom. The van der Waals surface area contributed by atoms with E-state index in [1.165, 1.54) is 0 Å². The molecule has 16 heavy (non-hydrogen) atoms. The minimum Gasteiger partial charge on any atom is -0.396 e. The fraction of sp³-hybridized carbons (Fsp3) is 0.500. The van der Waals surface area contributed by atoms with Gasteiger partial charge >= 0.3 is 0 Å². The molecule has 1 aliphatic rings. The second-order valence-corrected chi connectivity index (χ2v) is 4.30. The zero-order valence-electron chi connectivity index (χ0n) is 8.93. The number of aliphatic hydroxyl groups is 1. The van der Waals surface area contributed by atoms with E-state index in [9.17, 15) is 0 Å². The zero-order valence-corrected chi connectivity index (χ0v) is 9.69. The van der Waals surface area contributed by atoms with Crippen molar-refractivity contribution < 1.29 is 14.6 Å². The van der Waals surface area contributed by atoms with E-state index >= 15 is 0 Å². The fourth-order valence-corrected chi connectivity index (χ4v) is 1.98. The molecule has 0 aliphatic carbocycles. The summed E-state index contributed by atoms with van der Waals surface area (Å²) in [6.07, 6.45) is 1.14. The molecule has 1 aliphatic heterocycles. The number of ether oxygens (including phenoxy) is 2. The van der Waals surface area contributed by atoms with E-state index in [2.05, 4.69) is 0 Å². The predicted molar refractivity (Wildman–Crippen MR) is 61.5 cm³/mol. The zero-order chi connectivity index (χ0) is 11.4. The van der Waals surface area contributed by atoms with Crippen LogP contribution in [0.1, 0.15) is 12.0 Å². The average Bonchev–Trinajstić information content (AvgIpc) is 2.66. The highest BCUT2D eigenvalue weighted by atomic mass is 35.5. The molecule has 0 saturated carbocycles. The molecule has 1 aromatic rings. The molecule has 88 valence electrons. The van der Waals surface area contributed by atoms with Gasteiger partial charge in [-0.3, -0.25) is 0 Å². The molecular formula is C12H15ClO3. The van der Waals surface area contributed by atoms with Crippen molar-refractivity contribution in [3.63, 3.8) is 0 Å². The molecule has 2 rings (SSSR count). The van der Waals surface area contributed by atoms with Crippen LogP contribution in [0, 0.1) is 0 Å². The van der Waals surface area contributed by atoms with Crippen molar-refractivity contribution in [2.45, 2.75) is 25.2 Å². The molecule has 1 N–H and O–H groups in total. The molecule has 1 fully saturated rings. The van der Waals surface area contributed by atoms with Crippen LogP contribution in [0.4, 0.5) is 0 Å². The molecule has 3 nitrogen and oxygen atoms in total. The summed E-state index contributed by atoms with van der Waals surface area (Å²) in [4.78, 5) is 0. The van der Waals surface area contributed by atoms with Crippen molar-refractivity contribution in [3.05, 3.63) is 34.9 Å². The van der Waals surface area contributed by atoms with Crippen LogP contribution >= 0.6 is 11.6 Å². The van der Waals surface area contributed by atoms with Crippen molar-refractivity contribution in [1.29, 1.82) is 0 Å². The first-order chi connectivity index (χ1) is 7.78. The third-order valence-corrected chi connectivity index (χ3v) is 2.79. The summed E-state index contributed by atoms with van der Waals surface area (Å²) in [6.45, 7) is 0.698. The van der Waals surface area contributed by atoms with E-state index < -0.39 is 0 Å². The first kappa shape index (κ1) is 11.9. The van der Waals surface area contributed by atoms with Crippen LogP contribution in [0.5, 0.6) is 0 Å². The van der Waals surface area contributed by atoms with Gasteiger partial charge in [-0.05, 0) is 24.1 Å². The molecule has 0 amide bonds. The largest absolute Gasteiger partial charge is 0.396 e. The molecule has 1 heterocycles. The number of halogens is 1. The Kier molecular flexibility index (Phi) is 4.18. The van der Waals surface area contributed by atoms with Crippen LogP contribution in [0.3, 0.4) is 0 Å². The average molecular weight is 243 g/mol. The third-order valence-electron chi connectivity index (χ3n) is 2.55. The van der Waals surface area contributed by atoms with Crippen LogP contribution in [0.15, 0.2) is 24.3 Å². The second-order valence-electron chi connectivity index (χ2n) is 3.87. The summed E-state index contributed by atoms with van der Waals surface area (Å²) in [5, 5.41) is 9.51. The summed E-state index contributed by atoms with van der Waals surface area (Å²) >= 11 is 5.89. The van der Waals surface area contributed by atoms with Crippen molar-refractivity contribution in [3.8, 4) is 0 Å². The lowest BCUT2D eigenvalue weighted by Crippen LogP contribution is -2.15. The molecule has 0 spiro atoms. The molecule has 4 heteroatoms. The van der Waals surface area contributed by atoms with Gasteiger partial charge in [-0.1, -0.05) is 23.7 Å². The van der Waals surface area contributed by atoms with Crippen LogP contribution in [-0.2, 0) is 15.9 Å². The van der Waals surface area contributed by atoms with E-state index in [0.717, 1.165) is 10.6 Å². The molecule has 0 bridgehead atoms. The summed E-state index contributed by atoms with van der Waals surface area (Å²) < 4.78 is 11.1. The Bertz CT molecular complexity index is 343. The Morgan fingerprint density at radius 3 is 3.06 bits per heavy atom. The Hall–Kier alpha value is -0.610. The van der Waals surface area contributed by atoms with Gasteiger partial charge in [0.05, 0.1) is 12.7 Å². The number of hydrogen-bond acceptors (Lipinski definition) is 3. The molecular weight excluding hydrogens is 228 g/mol. The minimum absolute atomic E-state index is 0.0224. The van der Waals surface area contributed by atoms with Crippen LogP contribution < -0.4 is 0 Å². The van der Waals surface area contributed by atoms with E-state index in [4.69, 9.17) is 26.2 Å². The lowest BCUT2D eigenvalue weighted by molar-refractivity contribution is -0.0583. The maximum absolute atomic E-state index is 8.79. The maximum atomic E-state index is 8.79. The highest BCUT2D eigenvalue weighted by Gasteiger charge is 2.25. The summed E-state index contributed by atoms with van der Waals surface area (Å²) in [6, 6.07) is 7.67. The van der Waals surface area contributed by atoms with Crippen LogP contribution in [-0.4, -0.2) is 30.7 Å². The normalized spacial score (nSPS) is 24.9. The topological polar surface area (TPSA) is 38.7 Å². The van der Waals surface area contributed by atoms with E-state index in [-0.39, 0.29) is 19.0 Å². The number of hydrogen-bond donors (Lipinski definition) is 1. The minimum atomic E-state index is -0.213. The second kappa shape index (κ2) is 5.64. The highest BCUT2D eigenvalue weighted by Crippen LogP contribution is 2.19. The van der Waals surface area contributed by atoms with E-state index in [1.807, 2.05) is 24.3 Å². The standard InChI is InChI=1S/C12H15ClO3/c13-10-3-1-2-9(6-10)7-12-15-8-11(16-12)4-5-14/h1-3,6,11-12,14H,4-5,7-8H2. The van der Waals surface area contributed by atoms with Gasteiger partial charge in [0.25, 0.3) is 0 Å². The van der Waals surface area contributed by atoms with Gasteiger partial charge in [0.1, 0.15) is 0 Å². The summed E-state index contributed by atoms with van der Waals surface area (Å²) in [7, 11) is 0. The number of aliphatic hydroxyl groups excluding tert-OH is 1. The Labute approximate surface area is 99.9 Å². The lowest BCUT2D eigenvalue weighted by Gasteiger charge is -2.10. The van der Waals surface area contributed by atoms with Gasteiger partial charge in [-0.15, -0.1) is 0 Å². The molecule has 2 unspecified atom stereocenters. The van der Waals surface area contributed by atoms with Gasteiger partial charge in [0, 0.05) is 18.1 Å². The summed E-state index contributed by atoms with van der Waals surface area (Å²) in [5.41, 5.74) is 1.10. The molecule has 2 atom stereocenters. The molecule has 0 radical (unpaired) electrons. The Balaban J connectivity index is 1.87. The molecule has 1 aromatic carbocycles. The summed E-state index contributed by atoms with van der Waals surface area (Å²) in [5.74, 6) is 0. The van der Waals surface area contributed by atoms with Crippen LogP contribution in [0.2, 0.25) is 5.02 Å². The van der Waals surface area contributed by atoms with Gasteiger partial charge in [0.15, 0.2) is 6.29 Å². The fourth-order valence-electron chi connectivity index (χ4n) is 1.77. The maximum Gasteiger partial charge on any atom is 0.162 e. The van der Waals surface area contributed by atoms with E-state index in [1.54, 1.807) is 0 Å². The molecule has 1 saturated heterocycles. The highest BCUT2D eigenvalue weighted by molar-refractivity contribution is 6.30. The third kappa shape index (κ3) is 3.19. The van der Waals surface area contributed by atoms with Crippen LogP contribution in [0.25, 0.3) is 0 Å². The van der Waals surface area contributed by atoms with Gasteiger partial charge < -0.3 is 14.6 Å². The number of rotatable bonds is 4. The van der Waals surface area contributed by atoms with Crippen molar-refractivity contribution >= 4 is 11.6 Å². The SMILES string of the molecule is OCCC1COC(Cc2cccc(Cl)c2)O1. The molecule has 0 aromatic heterocycles. The quantitative estimate of drug-likeness (QED) is 0.878. The van der Waals surface area contributed by atoms with Gasteiger partial charge in [0.2, 0.25) is 0 Å². The lowest BCUT2D eigenvalue weighted by atomic mass is 10.1. The first-order valence-corrected chi connectivity index (χ1v) is 5.78. The monoisotopic (exact) mass is 242 g/mol. The van der Waals surface area contributed by atoms with Crippen molar-refractivity contribution in [2.75, 3.05) is 13.2 Å². The predicted octanol–water partition coefficient (Wildman–Crippen LogP) is 2.01. The first-order valence-electron chi connectivity index (χ1n) is 5.40. The van der Waals surface area contributed by atoms with Gasteiger partial charge in [-0.2, -0.15) is 0 Å². The van der Waals surface area contributed by atoms with Crippen molar-refractivity contribution in [1.82, 2.24) is 0 Å². The number of benzene rings is 1. The van der Waals surface area contributed by atoms with E-state index in [0.29, 0.717) is 19.4 Å². The Morgan fingerprint density at radius 1 is 1.44 bits per heavy atom. The van der Waals surface area contributed by atoms with Gasteiger partial charge in [-0.25, -0.2) is 0 Å². The smallest absolute Gasteiger partial charge is 0.162 e.